The van der Waals surface area contributed by atoms with E-state index in [9.17, 15) is 18.0 Å². The Morgan fingerprint density at radius 1 is 1.18 bits per heavy atom. The molecular weight excluding hydrogens is 306 g/mol. The molecule has 0 aromatic heterocycles. The van der Waals surface area contributed by atoms with Crippen LogP contribution in [-0.2, 0) is 26.5 Å². The average molecular weight is 325 g/mol. The summed E-state index contributed by atoms with van der Waals surface area (Å²) in [6.07, 6.45) is 0.0785. The summed E-state index contributed by atoms with van der Waals surface area (Å²) in [5.41, 5.74) is 6.86. The highest BCUT2D eigenvalue weighted by molar-refractivity contribution is 7.62. The summed E-state index contributed by atoms with van der Waals surface area (Å²) in [7, 11) is -2.88. The molecule has 120 valence electrons. The molecule has 0 saturated carbocycles. The minimum atomic E-state index is -2.88. The molecule has 0 aliphatic carbocycles. The first kappa shape index (κ1) is 17.8. The molecule has 0 aliphatic heterocycles. The number of carbonyl (C=O) groups is 2. The predicted octanol–water partition coefficient (Wildman–Crippen LogP) is 0.885. The highest BCUT2D eigenvalue weighted by Gasteiger charge is 2.30. The molecular formula is C14H19N3O4S. The van der Waals surface area contributed by atoms with Crippen molar-refractivity contribution in [2.75, 3.05) is 18.8 Å². The van der Waals surface area contributed by atoms with Crippen LogP contribution in [0, 0.1) is 5.92 Å². The number of carbonyl (C=O) groups excluding carboxylic acids is 2. The van der Waals surface area contributed by atoms with Crippen molar-refractivity contribution < 1.29 is 18.0 Å². The van der Waals surface area contributed by atoms with Crippen LogP contribution in [0.15, 0.2) is 28.6 Å². The zero-order chi connectivity index (χ0) is 16.7. The van der Waals surface area contributed by atoms with Gasteiger partial charge in [-0.3, -0.25) is 9.59 Å². The zero-order valence-corrected chi connectivity index (χ0v) is 13.3. The molecule has 0 spiro atoms. The Morgan fingerprint density at radius 2 is 1.73 bits per heavy atom. The lowest BCUT2D eigenvalue weighted by Gasteiger charge is -2.23. The number of nitrogens with two attached hydrogens (primary N) is 1. The Kier molecular flexibility index (Phi) is 6.71. The summed E-state index contributed by atoms with van der Waals surface area (Å²) in [4.78, 5) is 25.9. The molecule has 2 amide bonds. The number of hydrogen-bond acceptors (Lipinski definition) is 5. The van der Waals surface area contributed by atoms with Crippen molar-refractivity contribution in [3.8, 4) is 0 Å². The van der Waals surface area contributed by atoms with Gasteiger partial charge in [0.25, 0.3) is 5.91 Å². The molecule has 0 bridgehead atoms. The molecule has 1 unspecified atom stereocenters. The van der Waals surface area contributed by atoms with E-state index in [1.54, 1.807) is 38.1 Å². The number of nitrogen functional groups attached to an aromatic ring is 1. The van der Waals surface area contributed by atoms with Gasteiger partial charge in [0.05, 0.1) is 0 Å². The Balaban J connectivity index is 3.10. The number of hydrogen-bond donors (Lipinski definition) is 1. The van der Waals surface area contributed by atoms with Gasteiger partial charge in [0.2, 0.25) is 5.91 Å². The summed E-state index contributed by atoms with van der Waals surface area (Å²) in [5.74, 6) is -2.54. The standard InChI is InChI=1S/C14H19N3O4S/c1-3-17(4-2)14(19)12(13(18)16-22(20)21)9-10-5-7-11(15)8-6-10/h5-8,12H,3-4,9,15H2,1-2H3. The van der Waals surface area contributed by atoms with Crippen LogP contribution in [0.2, 0.25) is 0 Å². The predicted molar refractivity (Wildman–Crippen MR) is 82.3 cm³/mol. The molecule has 7 nitrogen and oxygen atoms in total. The summed E-state index contributed by atoms with van der Waals surface area (Å²) in [6.45, 7) is 4.44. The largest absolute Gasteiger partial charge is 0.399 e. The molecule has 1 atom stereocenters. The van der Waals surface area contributed by atoms with Crippen LogP contribution < -0.4 is 5.73 Å². The van der Waals surface area contributed by atoms with Crippen molar-refractivity contribution in [1.29, 1.82) is 0 Å². The molecule has 0 radical (unpaired) electrons. The van der Waals surface area contributed by atoms with Crippen LogP contribution in [0.5, 0.6) is 0 Å². The topological polar surface area (TPSA) is 110 Å². The minimum absolute atomic E-state index is 0.0785. The van der Waals surface area contributed by atoms with Crippen LogP contribution in [0.3, 0.4) is 0 Å². The van der Waals surface area contributed by atoms with Crippen LogP contribution in [0.4, 0.5) is 5.69 Å². The maximum Gasteiger partial charge on any atom is 0.319 e. The summed E-state index contributed by atoms with van der Waals surface area (Å²) in [5, 5.41) is 0. The molecule has 1 rings (SSSR count). The fourth-order valence-corrected chi connectivity index (χ4v) is 2.34. The van der Waals surface area contributed by atoms with Crippen LogP contribution in [0.25, 0.3) is 0 Å². The number of anilines is 1. The van der Waals surface area contributed by atoms with Gasteiger partial charge >= 0.3 is 10.5 Å². The smallest absolute Gasteiger partial charge is 0.319 e. The summed E-state index contributed by atoms with van der Waals surface area (Å²) < 4.78 is 24.2. The quantitative estimate of drug-likeness (QED) is 0.617. The number of amides is 2. The SMILES string of the molecule is CCN(CC)C(=O)C(Cc1ccc(N)cc1)C(=O)N=S(=O)=O. The van der Waals surface area contributed by atoms with Gasteiger partial charge in [0.15, 0.2) is 0 Å². The lowest BCUT2D eigenvalue weighted by atomic mass is 9.97. The van der Waals surface area contributed by atoms with Gasteiger partial charge in [0, 0.05) is 18.8 Å². The second kappa shape index (κ2) is 8.28. The molecule has 22 heavy (non-hydrogen) atoms. The Bertz CT molecular complexity index is 656. The molecule has 2 N–H and O–H groups in total. The van der Waals surface area contributed by atoms with Crippen molar-refractivity contribution in [3.63, 3.8) is 0 Å². The first-order chi connectivity index (χ1) is 10.4. The maximum atomic E-state index is 12.4. The van der Waals surface area contributed by atoms with Crippen molar-refractivity contribution in [2.24, 2.45) is 10.3 Å². The second-order valence-electron chi connectivity index (χ2n) is 4.66. The van der Waals surface area contributed by atoms with Gasteiger partial charge in [-0.1, -0.05) is 16.5 Å². The monoisotopic (exact) mass is 325 g/mol. The third-order valence-electron chi connectivity index (χ3n) is 3.26. The highest BCUT2D eigenvalue weighted by Crippen LogP contribution is 2.15. The van der Waals surface area contributed by atoms with Crippen molar-refractivity contribution >= 4 is 28.0 Å². The zero-order valence-electron chi connectivity index (χ0n) is 12.5. The molecule has 8 heteroatoms. The fraction of sp³-hybridized carbons (Fsp3) is 0.429. The van der Waals surface area contributed by atoms with E-state index in [1.165, 1.54) is 4.90 Å². The van der Waals surface area contributed by atoms with Gasteiger partial charge in [-0.25, -0.2) is 0 Å². The minimum Gasteiger partial charge on any atom is -0.399 e. The molecule has 0 fully saturated rings. The van der Waals surface area contributed by atoms with E-state index >= 15 is 0 Å². The lowest BCUT2D eigenvalue weighted by Crippen LogP contribution is -2.39. The second-order valence-corrected chi connectivity index (χ2v) is 5.27. The first-order valence-electron chi connectivity index (χ1n) is 6.87. The van der Waals surface area contributed by atoms with Gasteiger partial charge in [0.1, 0.15) is 5.92 Å². The van der Waals surface area contributed by atoms with Crippen molar-refractivity contribution in [1.82, 2.24) is 4.90 Å². The molecule has 0 saturated heterocycles. The number of rotatable bonds is 6. The molecule has 0 heterocycles. The van der Waals surface area contributed by atoms with E-state index in [0.29, 0.717) is 24.3 Å². The third kappa shape index (κ3) is 4.96. The van der Waals surface area contributed by atoms with Crippen molar-refractivity contribution in [2.45, 2.75) is 20.3 Å². The van der Waals surface area contributed by atoms with E-state index in [-0.39, 0.29) is 6.42 Å². The van der Waals surface area contributed by atoms with Gasteiger partial charge < -0.3 is 10.6 Å². The van der Waals surface area contributed by atoms with E-state index in [0.717, 1.165) is 0 Å². The first-order valence-corrected chi connectivity index (χ1v) is 7.90. The fourth-order valence-electron chi connectivity index (χ4n) is 2.06. The van der Waals surface area contributed by atoms with E-state index in [2.05, 4.69) is 4.36 Å². The average Bonchev–Trinajstić information content (AvgIpc) is 2.46. The Labute approximate surface area is 130 Å². The van der Waals surface area contributed by atoms with E-state index in [1.807, 2.05) is 0 Å². The van der Waals surface area contributed by atoms with Crippen LogP contribution in [0.1, 0.15) is 19.4 Å². The molecule has 0 aliphatic rings. The van der Waals surface area contributed by atoms with Crippen LogP contribution in [-0.4, -0.2) is 38.2 Å². The number of benzene rings is 1. The Hall–Kier alpha value is -2.22. The van der Waals surface area contributed by atoms with Crippen LogP contribution >= 0.6 is 0 Å². The van der Waals surface area contributed by atoms with E-state index in [4.69, 9.17) is 5.73 Å². The van der Waals surface area contributed by atoms with Gasteiger partial charge in [-0.15, -0.1) is 0 Å². The molecule has 1 aromatic carbocycles. The van der Waals surface area contributed by atoms with Gasteiger partial charge in [-0.2, -0.15) is 8.42 Å². The maximum absolute atomic E-state index is 12.4. The Morgan fingerprint density at radius 3 is 2.18 bits per heavy atom. The van der Waals surface area contributed by atoms with Gasteiger partial charge in [-0.05, 0) is 38.0 Å². The lowest BCUT2D eigenvalue weighted by molar-refractivity contribution is -0.140. The van der Waals surface area contributed by atoms with Crippen molar-refractivity contribution in [3.05, 3.63) is 29.8 Å². The molecule has 1 aromatic rings. The number of nitrogens with zero attached hydrogens (tertiary/aromatic N) is 2. The van der Waals surface area contributed by atoms with E-state index < -0.39 is 28.2 Å². The highest BCUT2D eigenvalue weighted by atomic mass is 32.2. The summed E-state index contributed by atoms with van der Waals surface area (Å²) in [6, 6.07) is 6.70. The summed E-state index contributed by atoms with van der Waals surface area (Å²) >= 11 is 0. The third-order valence-corrected chi connectivity index (χ3v) is 3.58. The normalized spacial score (nSPS) is 11.5.